The zero-order valence-electron chi connectivity index (χ0n) is 16.0. The van der Waals surface area contributed by atoms with Crippen molar-refractivity contribution in [2.45, 2.75) is 31.8 Å². The first-order valence-corrected chi connectivity index (χ1v) is 9.08. The van der Waals surface area contributed by atoms with Gasteiger partial charge in [0.1, 0.15) is 6.10 Å². The van der Waals surface area contributed by atoms with E-state index in [0.717, 1.165) is 11.1 Å². The number of carbonyl (C=O) groups excluding carboxylic acids is 3. The highest BCUT2D eigenvalue weighted by atomic mass is 16.7. The van der Waals surface area contributed by atoms with E-state index in [0.29, 0.717) is 0 Å². The number of hydrogen-bond donors (Lipinski definition) is 3. The molecule has 0 radical (unpaired) electrons. The van der Waals surface area contributed by atoms with Gasteiger partial charge in [0.15, 0.2) is 0 Å². The summed E-state index contributed by atoms with van der Waals surface area (Å²) in [7, 11) is 0. The predicted octanol–water partition coefficient (Wildman–Crippen LogP) is 0.978. The molecule has 0 aliphatic carbocycles. The molecule has 0 spiro atoms. The minimum Gasteiger partial charge on any atom is -0.481 e. The number of Topliss-reactive ketones (excluding diaryl/α,β-unsaturated/α-hetero) is 1. The van der Waals surface area contributed by atoms with E-state index in [1.807, 2.05) is 0 Å². The molecule has 9 nitrogen and oxygen atoms in total. The van der Waals surface area contributed by atoms with Crippen LogP contribution in [0.25, 0.3) is 0 Å². The molecule has 2 aromatic carbocycles. The summed E-state index contributed by atoms with van der Waals surface area (Å²) in [6, 6.07) is 17.7. The molecule has 0 aliphatic rings. The van der Waals surface area contributed by atoms with Gasteiger partial charge in [-0.15, -0.1) is 0 Å². The lowest BCUT2D eigenvalue weighted by atomic mass is 10.1. The van der Waals surface area contributed by atoms with Gasteiger partial charge in [-0.3, -0.25) is 19.2 Å². The molecule has 9 heteroatoms. The van der Waals surface area contributed by atoms with E-state index in [4.69, 9.17) is 14.7 Å². The van der Waals surface area contributed by atoms with Gasteiger partial charge in [-0.1, -0.05) is 60.7 Å². The molecule has 0 saturated heterocycles. The molecule has 2 amide bonds. The van der Waals surface area contributed by atoms with Crippen LogP contribution in [0.1, 0.15) is 17.5 Å². The first-order chi connectivity index (χ1) is 14.5. The Balaban J connectivity index is 1.98. The number of amides is 2. The highest BCUT2D eigenvalue weighted by Crippen LogP contribution is 2.10. The molecule has 0 fully saturated rings. The number of ether oxygens (including phenoxy) is 1. The van der Waals surface area contributed by atoms with Crippen LogP contribution < -0.4 is 10.8 Å². The number of carbonyl (C=O) groups is 4. The number of benzene rings is 2. The van der Waals surface area contributed by atoms with E-state index in [1.165, 1.54) is 0 Å². The van der Waals surface area contributed by atoms with Crippen molar-refractivity contribution in [2.75, 3.05) is 0 Å². The van der Waals surface area contributed by atoms with E-state index in [2.05, 4.69) is 10.8 Å². The maximum absolute atomic E-state index is 12.7. The summed E-state index contributed by atoms with van der Waals surface area (Å²) in [4.78, 5) is 51.7. The highest BCUT2D eigenvalue weighted by Gasteiger charge is 2.31. The molecule has 0 saturated carbocycles. The SMILES string of the molecule is O=CNC(ONC(=O)Cc1ccccc1)C(=O)C(CC(=O)O)OCc1ccccc1. The van der Waals surface area contributed by atoms with Crippen molar-refractivity contribution in [3.63, 3.8) is 0 Å². The van der Waals surface area contributed by atoms with Gasteiger partial charge in [-0.2, -0.15) is 0 Å². The van der Waals surface area contributed by atoms with Crippen LogP contribution in [0.15, 0.2) is 60.7 Å². The summed E-state index contributed by atoms with van der Waals surface area (Å²) in [5.74, 6) is -2.66. The normalized spacial score (nSPS) is 12.4. The Bertz CT molecular complexity index is 843. The van der Waals surface area contributed by atoms with Gasteiger partial charge < -0.3 is 15.2 Å². The molecule has 2 atom stereocenters. The Kier molecular flexibility index (Phi) is 9.17. The second kappa shape index (κ2) is 12.1. The average molecular weight is 414 g/mol. The maximum atomic E-state index is 12.7. The van der Waals surface area contributed by atoms with E-state index in [-0.39, 0.29) is 19.4 Å². The van der Waals surface area contributed by atoms with Gasteiger partial charge in [-0.05, 0) is 11.1 Å². The Morgan fingerprint density at radius 1 is 0.967 bits per heavy atom. The lowest BCUT2D eigenvalue weighted by Crippen LogP contribution is -2.49. The highest BCUT2D eigenvalue weighted by molar-refractivity contribution is 5.91. The van der Waals surface area contributed by atoms with Crippen molar-refractivity contribution in [1.29, 1.82) is 0 Å². The van der Waals surface area contributed by atoms with Crippen molar-refractivity contribution in [3.8, 4) is 0 Å². The summed E-state index contributed by atoms with van der Waals surface area (Å²) in [6.07, 6.45) is -3.44. The van der Waals surface area contributed by atoms with Gasteiger partial charge in [0.25, 0.3) is 0 Å². The predicted molar refractivity (Wildman–Crippen MR) is 105 cm³/mol. The van der Waals surface area contributed by atoms with Crippen molar-refractivity contribution >= 4 is 24.1 Å². The fourth-order valence-corrected chi connectivity index (χ4v) is 2.52. The number of ketones is 1. The molecule has 3 N–H and O–H groups in total. The Morgan fingerprint density at radius 3 is 2.13 bits per heavy atom. The Hall–Kier alpha value is -3.56. The minimum atomic E-state index is -1.61. The maximum Gasteiger partial charge on any atom is 0.306 e. The quantitative estimate of drug-likeness (QED) is 0.253. The number of carboxylic acids is 1. The first-order valence-electron chi connectivity index (χ1n) is 9.08. The summed E-state index contributed by atoms with van der Waals surface area (Å²) in [6.45, 7) is -0.0152. The summed E-state index contributed by atoms with van der Waals surface area (Å²) in [5, 5.41) is 11.2. The second-order valence-electron chi connectivity index (χ2n) is 6.26. The molecule has 2 rings (SSSR count). The zero-order chi connectivity index (χ0) is 21.8. The zero-order valence-corrected chi connectivity index (χ0v) is 16.0. The van der Waals surface area contributed by atoms with Gasteiger partial charge in [0.05, 0.1) is 19.4 Å². The topological polar surface area (TPSA) is 131 Å². The first kappa shape index (κ1) is 22.7. The third kappa shape index (κ3) is 7.82. The lowest BCUT2D eigenvalue weighted by Gasteiger charge is -2.21. The van der Waals surface area contributed by atoms with Gasteiger partial charge in [0.2, 0.25) is 24.3 Å². The Labute approximate surface area is 172 Å². The van der Waals surface area contributed by atoms with E-state index < -0.39 is 36.4 Å². The van der Waals surface area contributed by atoms with E-state index >= 15 is 0 Å². The molecule has 30 heavy (non-hydrogen) atoms. The van der Waals surface area contributed by atoms with Gasteiger partial charge in [-0.25, -0.2) is 10.3 Å². The molecular weight excluding hydrogens is 392 g/mol. The monoisotopic (exact) mass is 414 g/mol. The van der Waals surface area contributed by atoms with Crippen LogP contribution >= 0.6 is 0 Å². The number of nitrogens with one attached hydrogen (secondary N) is 2. The van der Waals surface area contributed by atoms with Crippen LogP contribution in [0.3, 0.4) is 0 Å². The van der Waals surface area contributed by atoms with Gasteiger partial charge >= 0.3 is 5.97 Å². The number of hydrogen-bond acceptors (Lipinski definition) is 6. The molecular formula is C21H22N2O7. The van der Waals surface area contributed by atoms with Crippen LogP contribution in [-0.4, -0.2) is 41.5 Å². The standard InChI is InChI=1S/C21H22N2O7/c24-14-22-21(30-23-18(25)11-15-7-3-1-4-8-15)20(28)17(12-19(26)27)29-13-16-9-5-2-6-10-16/h1-10,14,17,21H,11-13H2,(H,22,24)(H,23,25)(H,26,27). The molecule has 2 aromatic rings. The van der Waals surface area contributed by atoms with Gasteiger partial charge in [0, 0.05) is 0 Å². The number of rotatable bonds is 13. The summed E-state index contributed by atoms with van der Waals surface area (Å²) in [5.41, 5.74) is 3.55. The summed E-state index contributed by atoms with van der Waals surface area (Å²) >= 11 is 0. The molecule has 0 heterocycles. The van der Waals surface area contributed by atoms with Crippen molar-refractivity contribution in [1.82, 2.24) is 10.8 Å². The molecule has 158 valence electrons. The van der Waals surface area contributed by atoms with Crippen LogP contribution in [0.4, 0.5) is 0 Å². The van der Waals surface area contributed by atoms with Crippen molar-refractivity contribution in [3.05, 3.63) is 71.8 Å². The third-order valence-corrected chi connectivity index (χ3v) is 3.95. The summed E-state index contributed by atoms with van der Waals surface area (Å²) < 4.78 is 5.45. The molecule has 0 bridgehead atoms. The minimum absolute atomic E-state index is 0.00803. The van der Waals surface area contributed by atoms with E-state index in [1.54, 1.807) is 60.7 Å². The number of aliphatic carboxylic acids is 1. The smallest absolute Gasteiger partial charge is 0.306 e. The Morgan fingerprint density at radius 2 is 1.57 bits per heavy atom. The van der Waals surface area contributed by atoms with Crippen LogP contribution in [0.5, 0.6) is 0 Å². The van der Waals surface area contributed by atoms with Crippen LogP contribution in [-0.2, 0) is 41.8 Å². The van der Waals surface area contributed by atoms with Crippen molar-refractivity contribution in [2.24, 2.45) is 0 Å². The fraction of sp³-hybridized carbons (Fsp3) is 0.238. The third-order valence-electron chi connectivity index (χ3n) is 3.95. The lowest BCUT2D eigenvalue weighted by molar-refractivity contribution is -0.162. The van der Waals surface area contributed by atoms with Crippen LogP contribution in [0, 0.1) is 0 Å². The second-order valence-corrected chi connectivity index (χ2v) is 6.26. The molecule has 0 aromatic heterocycles. The van der Waals surface area contributed by atoms with E-state index in [9.17, 15) is 19.2 Å². The molecule has 2 unspecified atom stereocenters. The largest absolute Gasteiger partial charge is 0.481 e. The van der Waals surface area contributed by atoms with Crippen molar-refractivity contribution < 1.29 is 33.9 Å². The average Bonchev–Trinajstić information content (AvgIpc) is 2.75. The number of hydroxylamine groups is 1. The fourth-order valence-electron chi connectivity index (χ4n) is 2.52. The molecule has 0 aliphatic heterocycles. The number of carboxylic acid groups (broad SMARTS) is 1. The van der Waals surface area contributed by atoms with Crippen LogP contribution in [0.2, 0.25) is 0 Å².